The number of nitrogens with zero attached hydrogens (tertiary/aromatic N) is 4. The van der Waals surface area contributed by atoms with Crippen LogP contribution in [-0.2, 0) is 21.7 Å². The van der Waals surface area contributed by atoms with E-state index in [-0.39, 0.29) is 28.4 Å². The van der Waals surface area contributed by atoms with Gasteiger partial charge in [0.15, 0.2) is 0 Å². The molecule has 0 spiro atoms. The van der Waals surface area contributed by atoms with Crippen LogP contribution >= 0.6 is 11.8 Å². The zero-order valence-electron chi connectivity index (χ0n) is 51.9. The second-order valence-electron chi connectivity index (χ2n) is 28.9. The van der Waals surface area contributed by atoms with Gasteiger partial charge in [-0.05, 0) is 156 Å². The Kier molecular flexibility index (Phi) is 12.2. The number of hydrogen-bond donors (Lipinski definition) is 0. The minimum absolute atomic E-state index is 0.00379. The van der Waals surface area contributed by atoms with Crippen LogP contribution in [0, 0.1) is 0 Å². The first-order valence-electron chi connectivity index (χ1n) is 30.4. The van der Waals surface area contributed by atoms with Crippen LogP contribution in [-0.4, -0.2) is 16.3 Å². The summed E-state index contributed by atoms with van der Waals surface area (Å²) < 4.78 is 10.0. The van der Waals surface area contributed by atoms with Crippen molar-refractivity contribution in [3.63, 3.8) is 0 Å². The monoisotopic (exact) mass is 1120 g/mol. The average Bonchev–Trinajstić information content (AvgIpc) is 2.11. The van der Waals surface area contributed by atoms with Gasteiger partial charge in [-0.25, -0.2) is 4.98 Å². The van der Waals surface area contributed by atoms with Gasteiger partial charge in [-0.2, -0.15) is 0 Å². The highest BCUT2D eigenvalue weighted by Crippen LogP contribution is 2.56. The van der Waals surface area contributed by atoms with Crippen LogP contribution in [0.4, 0.5) is 34.1 Å². The van der Waals surface area contributed by atoms with E-state index in [0.717, 1.165) is 61.2 Å². The third-order valence-electron chi connectivity index (χ3n) is 18.3. The van der Waals surface area contributed by atoms with Crippen LogP contribution in [0.15, 0.2) is 178 Å². The van der Waals surface area contributed by atoms with Crippen molar-refractivity contribution in [1.82, 2.24) is 9.55 Å². The van der Waals surface area contributed by atoms with E-state index >= 15 is 0 Å². The summed E-state index contributed by atoms with van der Waals surface area (Å²) in [6.07, 6.45) is 0. The standard InChI is InChI=1S/C77H77BN4OS/c1-44(2)52-22-19-23-53(45(3)4)69(52)82-62-29-18-17-28-60(62)79-73(82)57-27-21-26-56-55-25-20-24-54(71(55)83-72(56)57)46-38-64-68-65(39-46)81-63-37-33-49(76(11,12)13)42-66(63)84-67-43-50(77(14,15)16)41-59(70(67)81)78(68)58-40-48(75(8,9)10)32-36-61(58)80(64)51-34-30-47(31-35-51)74(5,6)7/h17-45H,1-16H3. The SMILES string of the molecule is CC(C)c1cccc(C(C)C)c1-n1c(-c2cccc3c2oc2c(-c4cc5c6c(c4)N4c7ccc(C(C)(C)C)cc7Sc7cc(C(C)(C)C)cc(c74)B6c4cc(C(C)(C)C)ccc4N5c4ccc(C(C)(C)C)cc4)cccc23)nc2ccccc21. The molecule has 0 aliphatic carbocycles. The molecule has 11 aromatic rings. The Morgan fingerprint density at radius 3 is 1.62 bits per heavy atom. The normalized spacial score (nSPS) is 14.0. The molecule has 9 aromatic carbocycles. The van der Waals surface area contributed by atoms with Crippen molar-refractivity contribution in [3.05, 3.63) is 197 Å². The third-order valence-corrected chi connectivity index (χ3v) is 19.4. The quantitative estimate of drug-likeness (QED) is 0.155. The van der Waals surface area contributed by atoms with E-state index in [2.05, 4.69) is 289 Å². The van der Waals surface area contributed by atoms with Crippen molar-refractivity contribution in [1.29, 1.82) is 0 Å². The van der Waals surface area contributed by atoms with Crippen LogP contribution in [0.25, 0.3) is 61.2 Å². The Balaban J connectivity index is 1.07. The molecule has 14 rings (SSSR count). The number of rotatable bonds is 6. The number of para-hydroxylation sites is 5. The van der Waals surface area contributed by atoms with E-state index in [4.69, 9.17) is 9.40 Å². The van der Waals surface area contributed by atoms with E-state index in [1.54, 1.807) is 0 Å². The molecule has 3 aliphatic rings. The summed E-state index contributed by atoms with van der Waals surface area (Å²) >= 11 is 1.94. The third kappa shape index (κ3) is 8.44. The first-order valence-corrected chi connectivity index (χ1v) is 31.3. The summed E-state index contributed by atoms with van der Waals surface area (Å²) in [5.41, 5.74) is 27.0. The fourth-order valence-corrected chi connectivity index (χ4v) is 14.8. The van der Waals surface area contributed by atoms with Gasteiger partial charge in [0.05, 0.1) is 33.7 Å². The lowest BCUT2D eigenvalue weighted by Crippen LogP contribution is -2.62. The van der Waals surface area contributed by atoms with E-state index in [1.165, 1.54) is 93.7 Å². The van der Waals surface area contributed by atoms with Crippen molar-refractivity contribution in [2.45, 2.75) is 154 Å². The number of furan rings is 1. The molecule has 0 amide bonds. The fraction of sp³-hybridized carbons (Fsp3) is 0.286. The Morgan fingerprint density at radius 1 is 0.452 bits per heavy atom. The molecule has 420 valence electrons. The lowest BCUT2D eigenvalue weighted by molar-refractivity contribution is 0.588. The smallest absolute Gasteiger partial charge is 0.252 e. The molecule has 0 saturated heterocycles. The molecule has 2 aromatic heterocycles. The predicted octanol–water partition coefficient (Wildman–Crippen LogP) is 20.2. The van der Waals surface area contributed by atoms with E-state index in [1.807, 2.05) is 11.8 Å². The van der Waals surface area contributed by atoms with Crippen LogP contribution in [0.2, 0.25) is 0 Å². The minimum atomic E-state index is -0.0869. The van der Waals surface area contributed by atoms with Gasteiger partial charge in [0.25, 0.3) is 6.71 Å². The Morgan fingerprint density at radius 2 is 0.988 bits per heavy atom. The van der Waals surface area contributed by atoms with Crippen molar-refractivity contribution < 1.29 is 4.42 Å². The first kappa shape index (κ1) is 54.2. The fourth-order valence-electron chi connectivity index (χ4n) is 13.7. The van der Waals surface area contributed by atoms with Crippen molar-refractivity contribution in [2.24, 2.45) is 0 Å². The minimum Gasteiger partial charge on any atom is -0.455 e. The van der Waals surface area contributed by atoms with Crippen molar-refractivity contribution >= 4 is 102 Å². The molecule has 7 heteroatoms. The predicted molar refractivity (Wildman–Crippen MR) is 360 cm³/mol. The Labute approximate surface area is 502 Å². The Bertz CT molecular complexity index is 4500. The maximum atomic E-state index is 7.58. The molecular weight excluding hydrogens is 1040 g/mol. The summed E-state index contributed by atoms with van der Waals surface area (Å²) in [7, 11) is 0. The topological polar surface area (TPSA) is 37.4 Å². The molecule has 0 fully saturated rings. The summed E-state index contributed by atoms with van der Waals surface area (Å²) in [5, 5.41) is 2.14. The number of hydrogen-bond acceptors (Lipinski definition) is 5. The number of fused-ring (bicyclic) bond motifs is 10. The summed E-state index contributed by atoms with van der Waals surface area (Å²) in [6.45, 7) is 37.2. The number of benzene rings is 9. The number of imidazole rings is 1. The van der Waals surface area contributed by atoms with E-state index < -0.39 is 0 Å². The molecule has 0 radical (unpaired) electrons. The molecule has 3 aliphatic heterocycles. The zero-order valence-corrected chi connectivity index (χ0v) is 52.7. The molecule has 0 atom stereocenters. The van der Waals surface area contributed by atoms with Gasteiger partial charge in [-0.3, -0.25) is 4.57 Å². The molecule has 0 saturated carbocycles. The van der Waals surface area contributed by atoms with Crippen molar-refractivity contribution in [3.8, 4) is 28.2 Å². The maximum absolute atomic E-state index is 7.58. The van der Waals surface area contributed by atoms with Gasteiger partial charge in [0.2, 0.25) is 0 Å². The highest BCUT2D eigenvalue weighted by atomic mass is 32.2. The van der Waals surface area contributed by atoms with Crippen LogP contribution in [0.5, 0.6) is 0 Å². The average molecular weight is 1120 g/mol. The molecule has 0 bridgehead atoms. The van der Waals surface area contributed by atoms with Crippen LogP contribution < -0.4 is 26.2 Å². The van der Waals surface area contributed by atoms with Gasteiger partial charge >= 0.3 is 0 Å². The molecule has 5 nitrogen and oxygen atoms in total. The highest BCUT2D eigenvalue weighted by Gasteiger charge is 2.47. The number of anilines is 6. The highest BCUT2D eigenvalue weighted by molar-refractivity contribution is 7.99. The summed E-state index contributed by atoms with van der Waals surface area (Å²) in [5.74, 6) is 1.46. The van der Waals surface area contributed by atoms with Gasteiger partial charge in [-0.15, -0.1) is 0 Å². The Hall–Kier alpha value is -7.74. The second kappa shape index (κ2) is 18.9. The van der Waals surface area contributed by atoms with E-state index in [0.29, 0.717) is 11.8 Å². The summed E-state index contributed by atoms with van der Waals surface area (Å²) in [4.78, 5) is 13.3. The lowest BCUT2D eigenvalue weighted by Gasteiger charge is -2.47. The molecule has 5 heterocycles. The molecule has 0 unspecified atom stereocenters. The van der Waals surface area contributed by atoms with Gasteiger partial charge in [-0.1, -0.05) is 220 Å². The number of aromatic nitrogens is 2. The zero-order chi connectivity index (χ0) is 58.8. The first-order chi connectivity index (χ1) is 39.8. The van der Waals surface area contributed by atoms with E-state index in [9.17, 15) is 0 Å². The lowest BCUT2D eigenvalue weighted by atomic mass is 9.33. The second-order valence-corrected chi connectivity index (χ2v) is 30.0. The van der Waals surface area contributed by atoms with Gasteiger partial charge in [0.1, 0.15) is 17.0 Å². The summed E-state index contributed by atoms with van der Waals surface area (Å²) in [6, 6.07) is 62.8. The van der Waals surface area contributed by atoms with Gasteiger partial charge in [0, 0.05) is 48.9 Å². The molecule has 0 N–H and O–H groups in total. The molecule has 84 heavy (non-hydrogen) atoms. The molecular formula is C77H77BN4OS. The van der Waals surface area contributed by atoms with Crippen LogP contribution in [0.3, 0.4) is 0 Å². The largest absolute Gasteiger partial charge is 0.455 e. The van der Waals surface area contributed by atoms with Gasteiger partial charge < -0.3 is 14.2 Å². The van der Waals surface area contributed by atoms with Crippen molar-refractivity contribution in [2.75, 3.05) is 9.80 Å². The van der Waals surface area contributed by atoms with Crippen LogP contribution in [0.1, 0.15) is 156 Å². The maximum Gasteiger partial charge on any atom is 0.252 e.